The van der Waals surface area contributed by atoms with Crippen molar-refractivity contribution in [3.8, 4) is 23.6 Å². The topological polar surface area (TPSA) is 118 Å². The smallest absolute Gasteiger partial charge is 0.268 e. The molecule has 0 bridgehead atoms. The second-order valence-corrected chi connectivity index (χ2v) is 6.36. The molecular formula is C20H15ClFN3O4. The number of phenolic OH excluding ortho intramolecular Hbond substituents is 1. The molecule has 0 unspecified atom stereocenters. The lowest BCUT2D eigenvalue weighted by Gasteiger charge is -2.18. The van der Waals surface area contributed by atoms with E-state index in [9.17, 15) is 24.7 Å². The highest BCUT2D eigenvalue weighted by molar-refractivity contribution is 6.30. The van der Waals surface area contributed by atoms with Gasteiger partial charge < -0.3 is 19.8 Å². The molecule has 0 fully saturated rings. The number of likely N-dealkylation sites (N-methyl/N-ethyl adjacent to an activating group) is 1. The van der Waals surface area contributed by atoms with Gasteiger partial charge in [-0.25, -0.2) is 4.39 Å². The Morgan fingerprint density at radius 1 is 1.31 bits per heavy atom. The summed E-state index contributed by atoms with van der Waals surface area (Å²) in [5.74, 6) is -2.74. The molecule has 1 amide bonds. The van der Waals surface area contributed by atoms with Crippen LogP contribution in [0.15, 0.2) is 35.9 Å². The van der Waals surface area contributed by atoms with Crippen molar-refractivity contribution in [2.75, 3.05) is 14.2 Å². The zero-order chi connectivity index (χ0) is 21.7. The molecule has 0 saturated heterocycles. The van der Waals surface area contributed by atoms with Crippen molar-refractivity contribution in [1.29, 1.82) is 10.5 Å². The number of nitriles is 2. The number of carbonyl (C=O) groups is 1. The SMILES string of the molecule is COc1cc(/C(O)=C(\C#N)C(=O)N(C)Cc2cc(Cl)ccc2F)cc(C#N)c1O. The summed E-state index contributed by atoms with van der Waals surface area (Å²) in [6.45, 7) is -0.202. The number of aliphatic hydroxyl groups is 1. The summed E-state index contributed by atoms with van der Waals surface area (Å²) in [4.78, 5) is 13.7. The molecule has 0 spiro atoms. The van der Waals surface area contributed by atoms with Crippen LogP contribution in [0.4, 0.5) is 4.39 Å². The Morgan fingerprint density at radius 2 is 2.00 bits per heavy atom. The van der Waals surface area contributed by atoms with E-state index < -0.39 is 28.8 Å². The molecule has 2 N–H and O–H groups in total. The number of nitrogens with zero attached hydrogens (tertiary/aromatic N) is 3. The maximum Gasteiger partial charge on any atom is 0.268 e. The van der Waals surface area contributed by atoms with Gasteiger partial charge in [0.05, 0.1) is 12.7 Å². The van der Waals surface area contributed by atoms with Crippen LogP contribution in [0.3, 0.4) is 0 Å². The number of methoxy groups -OCH3 is 1. The number of aliphatic hydroxyl groups excluding tert-OH is 1. The number of halogens is 2. The van der Waals surface area contributed by atoms with Crippen LogP contribution in [-0.4, -0.2) is 35.2 Å². The number of hydrogen-bond donors (Lipinski definition) is 2. The lowest BCUT2D eigenvalue weighted by molar-refractivity contribution is -0.126. The zero-order valence-electron chi connectivity index (χ0n) is 15.4. The van der Waals surface area contributed by atoms with E-state index in [0.717, 1.165) is 17.0 Å². The standard InChI is InChI=1S/C20H15ClFN3O4/c1-25(10-13-6-14(21)3-4-16(13)22)20(28)15(9-24)18(26)11-5-12(8-23)19(27)17(7-11)29-2/h3-7,26-27H,10H2,1-2H3/b18-15-. The fourth-order valence-corrected chi connectivity index (χ4v) is 2.71. The molecule has 0 atom stereocenters. The van der Waals surface area contributed by atoms with E-state index in [1.54, 1.807) is 12.1 Å². The van der Waals surface area contributed by atoms with Crippen LogP contribution in [0.5, 0.6) is 11.5 Å². The second kappa shape index (κ2) is 8.96. The van der Waals surface area contributed by atoms with E-state index in [0.29, 0.717) is 0 Å². The van der Waals surface area contributed by atoms with Gasteiger partial charge in [-0.3, -0.25) is 4.79 Å². The molecule has 29 heavy (non-hydrogen) atoms. The molecule has 9 heteroatoms. The highest BCUT2D eigenvalue weighted by atomic mass is 35.5. The predicted octanol–water partition coefficient (Wildman–Crippen LogP) is 3.52. The van der Waals surface area contributed by atoms with Crippen molar-refractivity contribution in [3.05, 3.63) is 63.4 Å². The number of carbonyl (C=O) groups excluding carboxylic acids is 1. The van der Waals surface area contributed by atoms with Crippen LogP contribution >= 0.6 is 11.6 Å². The number of benzene rings is 2. The maximum atomic E-state index is 13.9. The van der Waals surface area contributed by atoms with Crippen molar-refractivity contribution >= 4 is 23.3 Å². The van der Waals surface area contributed by atoms with Crippen LogP contribution in [0.1, 0.15) is 16.7 Å². The summed E-state index contributed by atoms with van der Waals surface area (Å²) >= 11 is 5.84. The van der Waals surface area contributed by atoms with E-state index in [2.05, 4.69) is 0 Å². The minimum absolute atomic E-state index is 0.0802. The van der Waals surface area contributed by atoms with E-state index in [-0.39, 0.29) is 34.0 Å². The predicted molar refractivity (Wildman–Crippen MR) is 102 cm³/mol. The third-order valence-corrected chi connectivity index (χ3v) is 4.25. The fourth-order valence-electron chi connectivity index (χ4n) is 2.51. The number of ether oxygens (including phenoxy) is 1. The van der Waals surface area contributed by atoms with Gasteiger partial charge in [0.2, 0.25) is 0 Å². The molecule has 0 radical (unpaired) electrons. The van der Waals surface area contributed by atoms with Crippen molar-refractivity contribution in [3.63, 3.8) is 0 Å². The minimum atomic E-state index is -0.880. The lowest BCUT2D eigenvalue weighted by Crippen LogP contribution is -2.28. The Hall–Kier alpha value is -3.75. The number of aromatic hydroxyl groups is 1. The Kier molecular flexibility index (Phi) is 6.66. The summed E-state index contributed by atoms with van der Waals surface area (Å²) in [5, 5.41) is 39.1. The van der Waals surface area contributed by atoms with Crippen molar-refractivity contribution in [2.24, 2.45) is 0 Å². The summed E-state index contributed by atoms with van der Waals surface area (Å²) in [6, 6.07) is 9.48. The number of hydrogen-bond acceptors (Lipinski definition) is 6. The Balaban J connectivity index is 2.44. The quantitative estimate of drug-likeness (QED) is 0.438. The maximum absolute atomic E-state index is 13.9. The molecule has 148 valence electrons. The van der Waals surface area contributed by atoms with E-state index in [1.807, 2.05) is 0 Å². The molecule has 0 aliphatic carbocycles. The third kappa shape index (κ3) is 4.57. The molecule has 0 saturated carbocycles. The van der Waals surface area contributed by atoms with Crippen LogP contribution in [-0.2, 0) is 11.3 Å². The van der Waals surface area contributed by atoms with Gasteiger partial charge in [0.15, 0.2) is 17.1 Å². The van der Waals surface area contributed by atoms with Gasteiger partial charge in [-0.1, -0.05) is 11.6 Å². The van der Waals surface area contributed by atoms with Gasteiger partial charge in [0.1, 0.15) is 23.7 Å². The van der Waals surface area contributed by atoms with E-state index >= 15 is 0 Å². The number of phenols is 1. The fraction of sp³-hybridized carbons (Fsp3) is 0.150. The summed E-state index contributed by atoms with van der Waals surface area (Å²) in [7, 11) is 2.57. The summed E-state index contributed by atoms with van der Waals surface area (Å²) in [5.41, 5.74) is -0.803. The van der Waals surface area contributed by atoms with Crippen LogP contribution < -0.4 is 4.74 Å². The second-order valence-electron chi connectivity index (χ2n) is 5.92. The number of amides is 1. The molecule has 0 heterocycles. The van der Waals surface area contributed by atoms with Crippen molar-refractivity contribution in [1.82, 2.24) is 4.90 Å². The summed E-state index contributed by atoms with van der Waals surface area (Å²) < 4.78 is 18.8. The third-order valence-electron chi connectivity index (χ3n) is 4.01. The van der Waals surface area contributed by atoms with Gasteiger partial charge in [-0.2, -0.15) is 10.5 Å². The molecule has 0 aliphatic rings. The van der Waals surface area contributed by atoms with Gasteiger partial charge >= 0.3 is 0 Å². The van der Waals surface area contributed by atoms with Gasteiger partial charge in [-0.15, -0.1) is 0 Å². The van der Waals surface area contributed by atoms with Gasteiger partial charge in [-0.05, 0) is 30.3 Å². The molecule has 2 aromatic rings. The molecule has 0 aromatic heterocycles. The van der Waals surface area contributed by atoms with Crippen molar-refractivity contribution < 1.29 is 24.1 Å². The average Bonchev–Trinajstić information content (AvgIpc) is 2.71. The Labute approximate surface area is 171 Å². The number of rotatable bonds is 5. The van der Waals surface area contributed by atoms with Crippen LogP contribution in [0.25, 0.3) is 5.76 Å². The summed E-state index contributed by atoms with van der Waals surface area (Å²) in [6.07, 6.45) is 0. The minimum Gasteiger partial charge on any atom is -0.506 e. The van der Waals surface area contributed by atoms with Gasteiger partial charge in [0, 0.05) is 29.7 Å². The van der Waals surface area contributed by atoms with Gasteiger partial charge in [0.25, 0.3) is 5.91 Å². The van der Waals surface area contributed by atoms with E-state index in [4.69, 9.17) is 21.6 Å². The first-order chi connectivity index (χ1) is 13.7. The molecule has 2 rings (SSSR count). The molecular weight excluding hydrogens is 401 g/mol. The highest BCUT2D eigenvalue weighted by Gasteiger charge is 2.23. The van der Waals surface area contributed by atoms with Crippen LogP contribution in [0.2, 0.25) is 5.02 Å². The molecule has 2 aromatic carbocycles. The Morgan fingerprint density at radius 3 is 2.59 bits per heavy atom. The van der Waals surface area contributed by atoms with Crippen LogP contribution in [0, 0.1) is 28.5 Å². The highest BCUT2D eigenvalue weighted by Crippen LogP contribution is 2.33. The lowest BCUT2D eigenvalue weighted by atomic mass is 10.0. The monoisotopic (exact) mass is 415 g/mol. The van der Waals surface area contributed by atoms with Crippen molar-refractivity contribution in [2.45, 2.75) is 6.54 Å². The first kappa shape index (κ1) is 21.5. The first-order valence-corrected chi connectivity index (χ1v) is 8.45. The Bertz CT molecular complexity index is 1090. The molecule has 0 aliphatic heterocycles. The zero-order valence-corrected chi connectivity index (χ0v) is 16.2. The largest absolute Gasteiger partial charge is 0.506 e. The average molecular weight is 416 g/mol. The molecule has 7 nitrogen and oxygen atoms in total. The van der Waals surface area contributed by atoms with E-state index in [1.165, 1.54) is 32.4 Å². The normalized spacial score (nSPS) is 11.1. The first-order valence-electron chi connectivity index (χ1n) is 8.07.